The highest BCUT2D eigenvalue weighted by Crippen LogP contribution is 2.37. The largest absolute Gasteiger partial charge is 0.481 e. The Kier molecular flexibility index (Phi) is 63.8. The van der Waals surface area contributed by atoms with Gasteiger partial charge in [-0.3, -0.25) is 9.59 Å². The number of nitrogens with one attached hydrogen (secondary N) is 10. The van der Waals surface area contributed by atoms with Gasteiger partial charge in [-0.1, -0.05) is 13.8 Å². The molecule has 514 valence electrons. The Morgan fingerprint density at radius 2 is 0.636 bits per heavy atom. The van der Waals surface area contributed by atoms with Crippen LogP contribution in [0, 0.1) is 13.8 Å². The second-order valence-corrected chi connectivity index (χ2v) is 21.4. The second-order valence-electron chi connectivity index (χ2n) is 21.4. The van der Waals surface area contributed by atoms with E-state index in [2.05, 4.69) is 105 Å². The lowest BCUT2D eigenvalue weighted by molar-refractivity contribution is -0.137. The third-order valence-corrected chi connectivity index (χ3v) is 15.3. The molecule has 8 bridgehead atoms. The van der Waals surface area contributed by atoms with Crippen LogP contribution in [0.15, 0.2) is 24.3 Å². The minimum atomic E-state index is -0.870. The summed E-state index contributed by atoms with van der Waals surface area (Å²) < 4.78 is 0. The molecule has 16 nitrogen and oxygen atoms in total. The smallest absolute Gasteiger partial charge is 0.303 e. The molecule has 0 radical (unpaired) electrons. The summed E-state index contributed by atoms with van der Waals surface area (Å²) in [5.41, 5.74) is 15.4. The van der Waals surface area contributed by atoms with Crippen molar-refractivity contribution in [3.05, 3.63) is 69.3 Å². The van der Waals surface area contributed by atoms with Gasteiger partial charge in [0, 0.05) is 34.9 Å². The number of aromatic nitrogens is 4. The zero-order valence-corrected chi connectivity index (χ0v) is 61.2. The Morgan fingerprint density at radius 3 is 1.00 bits per heavy atom. The van der Waals surface area contributed by atoms with Crippen molar-refractivity contribution in [2.75, 3.05) is 105 Å². The van der Waals surface area contributed by atoms with Crippen LogP contribution in [-0.4, -0.2) is 147 Å². The van der Waals surface area contributed by atoms with Crippen molar-refractivity contribution in [2.24, 2.45) is 0 Å². The van der Waals surface area contributed by atoms with Crippen molar-refractivity contribution in [1.29, 1.82) is 0 Å². The van der Waals surface area contributed by atoms with Crippen LogP contribution in [0.4, 0.5) is 0 Å². The van der Waals surface area contributed by atoms with Crippen LogP contribution in [0.2, 0.25) is 0 Å². The van der Waals surface area contributed by atoms with Gasteiger partial charge in [0.15, 0.2) is 0 Å². The van der Waals surface area contributed by atoms with Crippen LogP contribution >= 0.6 is 124 Å². The minimum Gasteiger partial charge on any atom is -0.481 e. The van der Waals surface area contributed by atoms with E-state index in [1.54, 1.807) is 0 Å². The molecule has 88 heavy (non-hydrogen) atoms. The van der Waals surface area contributed by atoms with Gasteiger partial charge in [-0.15, -0.1) is 124 Å². The molecule has 0 fully saturated rings. The molecule has 2 aliphatic heterocycles. The van der Waals surface area contributed by atoms with E-state index >= 15 is 0 Å². The number of aliphatic carboxylic acids is 2. The number of aryl methyl sites for hydroxylation is 3. The topological polar surface area (TPSA) is 228 Å². The molecule has 0 atom stereocenters. The quantitative estimate of drug-likeness (QED) is 0.0237. The van der Waals surface area contributed by atoms with E-state index in [1.165, 1.54) is 68.1 Å². The zero-order valence-electron chi connectivity index (χ0n) is 53.0. The number of aromatic amines is 2. The van der Waals surface area contributed by atoms with Gasteiger partial charge < -0.3 is 62.7 Å². The minimum absolute atomic E-state index is 0. The monoisotopic (exact) mass is 1440 g/mol. The summed E-state index contributed by atoms with van der Waals surface area (Å²) >= 11 is 0. The molecule has 3 aromatic heterocycles. The number of unbranched alkanes of at least 4 members (excludes halogenated alkanes) is 6. The lowest BCUT2D eigenvalue weighted by Crippen LogP contribution is -2.22. The molecule has 0 unspecified atom stereocenters. The summed E-state index contributed by atoms with van der Waals surface area (Å²) in [4.78, 5) is 41.9. The molecule has 3 aromatic rings. The van der Waals surface area contributed by atoms with Gasteiger partial charge in [0.2, 0.25) is 0 Å². The number of halogens is 10. The molecule has 2 aliphatic rings. The maximum absolute atomic E-state index is 12.0. The maximum Gasteiger partial charge on any atom is 0.303 e. The Bertz CT molecular complexity index is 2560. The van der Waals surface area contributed by atoms with Gasteiger partial charge in [0.05, 0.1) is 22.8 Å². The van der Waals surface area contributed by atoms with Gasteiger partial charge in [0.25, 0.3) is 0 Å². The lowest BCUT2D eigenvalue weighted by atomic mass is 9.99. The summed E-state index contributed by atoms with van der Waals surface area (Å²) in [5, 5.41) is 48.3. The van der Waals surface area contributed by atoms with Crippen molar-refractivity contribution < 1.29 is 19.8 Å². The molecule has 26 heteroatoms. The molecular weight excluding hydrogens is 1330 g/mol. The summed E-state index contributed by atoms with van der Waals surface area (Å²) in [6.45, 7) is 29.2. The molecular formula is C62H112Cl10N12O4. The van der Waals surface area contributed by atoms with E-state index in [0.717, 1.165) is 210 Å². The van der Waals surface area contributed by atoms with Crippen LogP contribution in [0.3, 0.4) is 0 Å². The number of hydrogen-bond acceptors (Lipinski definition) is 12. The summed E-state index contributed by atoms with van der Waals surface area (Å²) in [6.07, 6.45) is 16.5. The number of hydrogen-bond donors (Lipinski definition) is 12. The Hall–Kier alpha value is -1.88. The number of fused-ring (bicyclic) bond motifs is 8. The zero-order chi connectivity index (χ0) is 55.7. The number of carboxylic acids is 2. The van der Waals surface area contributed by atoms with E-state index in [0.29, 0.717) is 18.5 Å². The highest BCUT2D eigenvalue weighted by atomic mass is 35.5. The number of allylic oxidation sites excluding steroid dienone is 3. The molecule has 5 heterocycles. The highest BCUT2D eigenvalue weighted by molar-refractivity contribution is 5.96. The van der Waals surface area contributed by atoms with Crippen molar-refractivity contribution in [3.63, 3.8) is 0 Å². The third kappa shape index (κ3) is 35.4. The number of rotatable bonds is 44. The van der Waals surface area contributed by atoms with E-state index in [-0.39, 0.29) is 137 Å². The van der Waals surface area contributed by atoms with Gasteiger partial charge in [-0.05, 0) is 304 Å². The highest BCUT2D eigenvalue weighted by Gasteiger charge is 2.23. The van der Waals surface area contributed by atoms with Crippen molar-refractivity contribution in [3.8, 4) is 0 Å². The van der Waals surface area contributed by atoms with E-state index in [9.17, 15) is 19.8 Å². The number of carboxylic acid groups (broad SMARTS) is 2. The average molecular weight is 1440 g/mol. The van der Waals surface area contributed by atoms with Crippen LogP contribution in [0.5, 0.6) is 0 Å². The SMILES string of the molecule is CCNCCCCNCCCCNCCCCNCCC1=C(C)c2cc3nc(cc4[nH]c(cc5[nH]c(cc1n2)c(C)c5CCNCCCCNCCCCNCCCCNCC)c(C)c4CCC(=O)O)C(CCC(=O)O)=C3C.Cl.Cl.Cl.Cl.Cl.Cl.Cl.Cl.Cl.Cl. The molecule has 12 N–H and O–H groups in total. The number of nitrogens with zero attached hydrogens (tertiary/aromatic N) is 2. The fourth-order valence-electron chi connectivity index (χ4n) is 10.5. The number of H-pyrrole nitrogens is 2. The molecule has 0 aliphatic carbocycles. The predicted molar refractivity (Wildman–Crippen MR) is 399 cm³/mol. The lowest BCUT2D eigenvalue weighted by Gasteiger charge is -2.08. The fourth-order valence-corrected chi connectivity index (χ4v) is 10.5. The first-order valence-corrected chi connectivity index (χ1v) is 30.3. The molecule has 0 saturated carbocycles. The van der Waals surface area contributed by atoms with E-state index < -0.39 is 11.9 Å². The average Bonchev–Trinajstić information content (AvgIpc) is 1.79. The fraction of sp³-hybridized carbons (Fsp3) is 0.645. The summed E-state index contributed by atoms with van der Waals surface area (Å²) in [5.74, 6) is -1.73. The van der Waals surface area contributed by atoms with Gasteiger partial charge in [-0.25, -0.2) is 9.97 Å². The van der Waals surface area contributed by atoms with Crippen molar-refractivity contribution in [1.82, 2.24) is 62.5 Å². The van der Waals surface area contributed by atoms with Crippen LogP contribution in [-0.2, 0) is 22.4 Å². The molecule has 0 aromatic carbocycles. The first kappa shape index (κ1) is 97.2. The maximum atomic E-state index is 12.0. The van der Waals surface area contributed by atoms with Crippen molar-refractivity contribution >= 4 is 180 Å². The summed E-state index contributed by atoms with van der Waals surface area (Å²) in [6, 6.07) is 8.44. The normalized spacial score (nSPS) is 11.2. The Labute approximate surface area is 589 Å². The number of carbonyl (C=O) groups is 2. The first-order chi connectivity index (χ1) is 38.0. The Morgan fingerprint density at radius 1 is 0.352 bits per heavy atom. The van der Waals surface area contributed by atoms with Gasteiger partial charge in [0.1, 0.15) is 0 Å². The summed E-state index contributed by atoms with van der Waals surface area (Å²) in [7, 11) is 0. The standard InChI is InChI=1S/C62H102N12O4.10ClH/c1-7-63-27-9-11-29-65-31-13-15-33-67-35-17-19-37-69-39-25-51-47(5)54-41-53-45(3)49(21-23-61(75)76)59(72-53)44-60-50(22-24-62(77)78)46(4)55(74-60)42-58-52(48(6)56(73-58)43-57(51)71-54)26-40-70-38-20-18-36-68-34-16-14-32-66-30-12-10-28-64-8-2;;;;;;;;;;/h41-44,63-70,73-74H,7-40H2,1-6H3,(H,75,76)(H,77,78);10*1H. The molecule has 0 spiro atoms. The third-order valence-electron chi connectivity index (χ3n) is 15.3. The van der Waals surface area contributed by atoms with Crippen LogP contribution < -0.4 is 42.5 Å². The second kappa shape index (κ2) is 57.8. The van der Waals surface area contributed by atoms with Gasteiger partial charge in [-0.2, -0.15) is 0 Å². The van der Waals surface area contributed by atoms with E-state index in [4.69, 9.17) is 9.97 Å². The molecule has 0 amide bonds. The van der Waals surface area contributed by atoms with E-state index in [1.807, 2.05) is 13.0 Å². The van der Waals surface area contributed by atoms with Crippen LogP contribution in [0.25, 0.3) is 44.4 Å². The predicted octanol–water partition coefficient (Wildman–Crippen LogP) is 13.3. The molecule has 0 saturated heterocycles. The van der Waals surface area contributed by atoms with Gasteiger partial charge >= 0.3 is 11.9 Å². The molecule has 5 rings (SSSR count). The van der Waals surface area contributed by atoms with Crippen LogP contribution in [0.1, 0.15) is 175 Å². The van der Waals surface area contributed by atoms with Crippen molar-refractivity contribution in [2.45, 2.75) is 157 Å². The first-order valence-electron chi connectivity index (χ1n) is 30.3. The Balaban J connectivity index is -0.00000168.